The van der Waals surface area contributed by atoms with Crippen LogP contribution in [-0.2, 0) is 11.8 Å². The Balaban J connectivity index is 2.23. The molecule has 0 aliphatic rings. The maximum Gasteiger partial charge on any atom is 0.252 e. The molecule has 7 heteroatoms. The minimum absolute atomic E-state index is 0.0712. The molecule has 2 aromatic heterocycles. The summed E-state index contributed by atoms with van der Waals surface area (Å²) in [6.07, 6.45) is 0. The minimum Gasteiger partial charge on any atom is -0.350 e. The second-order valence-electron chi connectivity index (χ2n) is 6.70. The van der Waals surface area contributed by atoms with Crippen molar-refractivity contribution in [2.24, 2.45) is 7.05 Å². The molecule has 2 heterocycles. The molecule has 0 radical (unpaired) electrons. The molecule has 2 aromatic rings. The topological polar surface area (TPSA) is 88.9 Å². The Morgan fingerprint density at radius 2 is 1.91 bits per heavy atom. The number of nitrogens with one attached hydrogen (secondary N) is 2. The molecule has 23 heavy (non-hydrogen) atoms. The van der Waals surface area contributed by atoms with Gasteiger partial charge in [0.1, 0.15) is 0 Å². The van der Waals surface area contributed by atoms with Crippen LogP contribution in [0.3, 0.4) is 0 Å². The van der Waals surface area contributed by atoms with E-state index in [0.717, 1.165) is 11.4 Å². The molecule has 0 saturated carbocycles. The van der Waals surface area contributed by atoms with Crippen LogP contribution in [0.2, 0.25) is 0 Å². The van der Waals surface area contributed by atoms with Gasteiger partial charge in [-0.3, -0.25) is 14.3 Å². The Morgan fingerprint density at radius 1 is 1.26 bits per heavy atom. The Bertz CT molecular complexity index is 771. The quantitative estimate of drug-likeness (QED) is 0.891. The first-order chi connectivity index (χ1) is 10.6. The number of pyridine rings is 1. The normalized spacial score (nSPS) is 11.6. The summed E-state index contributed by atoms with van der Waals surface area (Å²) in [4.78, 5) is 28.8. The standard InChI is InChI=1S/C16H23N5O2/c1-9-7-11(13-10(2)20-21(6)14(13)18-9)15(23)17-8-12(22)19-16(3,4)5/h7H,8H2,1-6H3,(H,17,23)(H,19,22). The lowest BCUT2D eigenvalue weighted by Gasteiger charge is -2.20. The maximum atomic E-state index is 12.5. The lowest BCUT2D eigenvalue weighted by Crippen LogP contribution is -2.45. The number of aryl methyl sites for hydroxylation is 3. The number of hydrogen-bond acceptors (Lipinski definition) is 4. The van der Waals surface area contributed by atoms with Gasteiger partial charge in [0.25, 0.3) is 5.91 Å². The summed E-state index contributed by atoms with van der Waals surface area (Å²) >= 11 is 0. The number of nitrogens with zero attached hydrogens (tertiary/aromatic N) is 3. The summed E-state index contributed by atoms with van der Waals surface area (Å²) in [5, 5.41) is 10.5. The third kappa shape index (κ3) is 3.85. The van der Waals surface area contributed by atoms with Crippen LogP contribution in [0.4, 0.5) is 0 Å². The summed E-state index contributed by atoms with van der Waals surface area (Å²) in [6, 6.07) is 1.72. The van der Waals surface area contributed by atoms with Crippen molar-refractivity contribution in [3.63, 3.8) is 0 Å². The van der Waals surface area contributed by atoms with Gasteiger partial charge in [0.2, 0.25) is 5.91 Å². The van der Waals surface area contributed by atoms with Crippen LogP contribution in [0.15, 0.2) is 6.07 Å². The first-order valence-corrected chi connectivity index (χ1v) is 7.48. The monoisotopic (exact) mass is 317 g/mol. The van der Waals surface area contributed by atoms with E-state index in [1.54, 1.807) is 17.8 Å². The summed E-state index contributed by atoms with van der Waals surface area (Å²) < 4.78 is 1.65. The zero-order chi connectivity index (χ0) is 17.4. The van der Waals surface area contributed by atoms with Crippen molar-refractivity contribution < 1.29 is 9.59 Å². The first kappa shape index (κ1) is 16.9. The largest absolute Gasteiger partial charge is 0.350 e. The third-order valence-electron chi connectivity index (χ3n) is 3.27. The average Bonchev–Trinajstić information content (AvgIpc) is 2.68. The Labute approximate surface area is 135 Å². The van der Waals surface area contributed by atoms with Crippen LogP contribution in [0, 0.1) is 13.8 Å². The van der Waals surface area contributed by atoms with Crippen LogP contribution in [0.1, 0.15) is 42.5 Å². The van der Waals surface area contributed by atoms with Crippen LogP contribution >= 0.6 is 0 Å². The molecule has 0 aromatic carbocycles. The molecular formula is C16H23N5O2. The fourth-order valence-electron chi connectivity index (χ4n) is 2.47. The number of amides is 2. The van der Waals surface area contributed by atoms with Gasteiger partial charge in [-0.15, -0.1) is 0 Å². The molecule has 0 fully saturated rings. The summed E-state index contributed by atoms with van der Waals surface area (Å²) in [6.45, 7) is 9.26. The molecule has 0 unspecified atom stereocenters. The highest BCUT2D eigenvalue weighted by Gasteiger charge is 2.19. The van der Waals surface area contributed by atoms with Crippen molar-refractivity contribution in [1.29, 1.82) is 0 Å². The van der Waals surface area contributed by atoms with Crippen LogP contribution in [-0.4, -0.2) is 38.7 Å². The van der Waals surface area contributed by atoms with E-state index in [1.807, 2.05) is 34.6 Å². The number of fused-ring (bicyclic) bond motifs is 1. The Hall–Kier alpha value is -2.44. The Morgan fingerprint density at radius 3 is 2.52 bits per heavy atom. The summed E-state index contributed by atoms with van der Waals surface area (Å²) in [5.74, 6) is -0.531. The summed E-state index contributed by atoms with van der Waals surface area (Å²) in [5.41, 5.74) is 2.28. The highest BCUT2D eigenvalue weighted by Crippen LogP contribution is 2.21. The first-order valence-electron chi connectivity index (χ1n) is 7.48. The van der Waals surface area contributed by atoms with E-state index in [2.05, 4.69) is 20.7 Å². The molecule has 0 atom stereocenters. The van der Waals surface area contributed by atoms with Crippen LogP contribution < -0.4 is 10.6 Å². The molecule has 124 valence electrons. The van der Waals surface area contributed by atoms with Crippen LogP contribution in [0.5, 0.6) is 0 Å². The lowest BCUT2D eigenvalue weighted by molar-refractivity contribution is -0.121. The predicted octanol–water partition coefficient (Wildman–Crippen LogP) is 1.23. The van der Waals surface area contributed by atoms with E-state index in [9.17, 15) is 9.59 Å². The van der Waals surface area contributed by atoms with E-state index in [0.29, 0.717) is 16.6 Å². The zero-order valence-electron chi connectivity index (χ0n) is 14.4. The molecule has 2 rings (SSSR count). The van der Waals surface area contributed by atoms with Crippen molar-refractivity contribution in [3.05, 3.63) is 23.0 Å². The van der Waals surface area contributed by atoms with Gasteiger partial charge in [-0.1, -0.05) is 0 Å². The fourth-order valence-corrected chi connectivity index (χ4v) is 2.47. The van der Waals surface area contributed by atoms with Gasteiger partial charge in [0.15, 0.2) is 5.65 Å². The Kier molecular flexibility index (Phi) is 4.40. The molecule has 2 N–H and O–H groups in total. The number of carbonyl (C=O) groups excluding carboxylic acids is 2. The van der Waals surface area contributed by atoms with E-state index in [1.165, 1.54) is 0 Å². The smallest absolute Gasteiger partial charge is 0.252 e. The SMILES string of the molecule is Cc1cc(C(=O)NCC(=O)NC(C)(C)C)c2c(C)nn(C)c2n1. The molecule has 0 aliphatic heterocycles. The second kappa shape index (κ2) is 5.98. The van der Waals surface area contributed by atoms with Crippen molar-refractivity contribution in [2.45, 2.75) is 40.2 Å². The maximum absolute atomic E-state index is 12.5. The van der Waals surface area contributed by atoms with Crippen molar-refractivity contribution in [3.8, 4) is 0 Å². The van der Waals surface area contributed by atoms with Gasteiger partial charge in [-0.05, 0) is 40.7 Å². The lowest BCUT2D eigenvalue weighted by atomic mass is 10.1. The van der Waals surface area contributed by atoms with Gasteiger partial charge < -0.3 is 10.6 Å². The van der Waals surface area contributed by atoms with E-state index >= 15 is 0 Å². The molecule has 0 saturated heterocycles. The van der Waals surface area contributed by atoms with Gasteiger partial charge in [0.05, 0.1) is 23.2 Å². The van der Waals surface area contributed by atoms with Crippen molar-refractivity contribution in [2.75, 3.05) is 6.54 Å². The average molecular weight is 317 g/mol. The molecule has 0 bridgehead atoms. The highest BCUT2D eigenvalue weighted by molar-refractivity contribution is 6.07. The van der Waals surface area contributed by atoms with Gasteiger partial charge in [-0.2, -0.15) is 5.10 Å². The summed E-state index contributed by atoms with van der Waals surface area (Å²) in [7, 11) is 1.79. The van der Waals surface area contributed by atoms with Crippen molar-refractivity contribution in [1.82, 2.24) is 25.4 Å². The molecule has 0 spiro atoms. The van der Waals surface area contributed by atoms with Gasteiger partial charge in [0, 0.05) is 18.3 Å². The van der Waals surface area contributed by atoms with Gasteiger partial charge >= 0.3 is 0 Å². The number of aromatic nitrogens is 3. The van der Waals surface area contributed by atoms with E-state index < -0.39 is 0 Å². The predicted molar refractivity (Wildman–Crippen MR) is 88.2 cm³/mol. The number of rotatable bonds is 3. The van der Waals surface area contributed by atoms with E-state index in [4.69, 9.17) is 0 Å². The number of hydrogen-bond donors (Lipinski definition) is 2. The van der Waals surface area contributed by atoms with Crippen molar-refractivity contribution >= 4 is 22.8 Å². The minimum atomic E-state index is -0.331. The van der Waals surface area contributed by atoms with Crippen LogP contribution in [0.25, 0.3) is 11.0 Å². The zero-order valence-corrected chi connectivity index (χ0v) is 14.4. The molecule has 2 amide bonds. The second-order valence-corrected chi connectivity index (χ2v) is 6.70. The van der Waals surface area contributed by atoms with E-state index in [-0.39, 0.29) is 23.9 Å². The molecule has 7 nitrogen and oxygen atoms in total. The van der Waals surface area contributed by atoms with Gasteiger partial charge in [-0.25, -0.2) is 4.98 Å². The molecule has 0 aliphatic carbocycles. The third-order valence-corrected chi connectivity index (χ3v) is 3.27. The highest BCUT2D eigenvalue weighted by atomic mass is 16.2. The molecular weight excluding hydrogens is 294 g/mol. The number of carbonyl (C=O) groups is 2. The fraction of sp³-hybridized carbons (Fsp3) is 0.500.